The lowest BCUT2D eigenvalue weighted by Gasteiger charge is -2.13. The van der Waals surface area contributed by atoms with Gasteiger partial charge in [0.1, 0.15) is 0 Å². The van der Waals surface area contributed by atoms with Gasteiger partial charge in [-0.3, -0.25) is 0 Å². The Labute approximate surface area is 99.1 Å². The van der Waals surface area contributed by atoms with Crippen molar-refractivity contribution in [1.29, 1.82) is 0 Å². The molecule has 1 N–H and O–H groups in total. The zero-order valence-electron chi connectivity index (χ0n) is 8.70. The van der Waals surface area contributed by atoms with Crippen molar-refractivity contribution in [2.75, 3.05) is 5.75 Å². The molecule has 0 heterocycles. The molecule has 0 saturated heterocycles. The summed E-state index contributed by atoms with van der Waals surface area (Å²) in [4.78, 5) is 0. The van der Waals surface area contributed by atoms with Crippen LogP contribution >= 0.6 is 15.9 Å². The van der Waals surface area contributed by atoms with Gasteiger partial charge in [-0.15, -0.1) is 0 Å². The third-order valence-electron chi connectivity index (χ3n) is 2.09. The zero-order chi connectivity index (χ0) is 11.5. The van der Waals surface area contributed by atoms with Crippen molar-refractivity contribution in [3.8, 4) is 0 Å². The van der Waals surface area contributed by atoms with Gasteiger partial charge in [0.2, 0.25) is 10.0 Å². The number of hydrogen-bond acceptors (Lipinski definition) is 2. The van der Waals surface area contributed by atoms with Crippen LogP contribution in [0, 0.1) is 0 Å². The first kappa shape index (κ1) is 12.7. The van der Waals surface area contributed by atoms with Gasteiger partial charge < -0.3 is 0 Å². The molecule has 0 saturated carbocycles. The fraction of sp³-hybridized carbons (Fsp3) is 0.400. The summed E-state index contributed by atoms with van der Waals surface area (Å²) in [6.45, 7) is 3.45. The number of halogens is 1. The van der Waals surface area contributed by atoms with Crippen LogP contribution in [-0.2, 0) is 10.0 Å². The van der Waals surface area contributed by atoms with Gasteiger partial charge in [-0.05, 0) is 31.5 Å². The third kappa shape index (κ3) is 3.93. The molecular formula is C10H14BrNO2S. The molecule has 0 bridgehead atoms. The van der Waals surface area contributed by atoms with Gasteiger partial charge in [-0.25, -0.2) is 13.1 Å². The Morgan fingerprint density at radius 3 is 2.67 bits per heavy atom. The molecule has 1 atom stereocenters. The first-order valence-electron chi connectivity index (χ1n) is 4.70. The smallest absolute Gasteiger partial charge is 0.211 e. The number of sulfonamides is 1. The maximum absolute atomic E-state index is 11.3. The maximum Gasteiger partial charge on any atom is 0.211 e. The van der Waals surface area contributed by atoms with E-state index in [1.54, 1.807) is 6.92 Å². The minimum Gasteiger partial charge on any atom is -0.212 e. The summed E-state index contributed by atoms with van der Waals surface area (Å²) in [6, 6.07) is 7.39. The minimum absolute atomic E-state index is 0.103. The van der Waals surface area contributed by atoms with E-state index in [0.29, 0.717) is 0 Å². The van der Waals surface area contributed by atoms with Crippen molar-refractivity contribution >= 4 is 26.0 Å². The highest BCUT2D eigenvalue weighted by Gasteiger charge is 2.13. The molecule has 0 aliphatic carbocycles. The van der Waals surface area contributed by atoms with Crippen LogP contribution in [-0.4, -0.2) is 14.2 Å². The normalized spacial score (nSPS) is 13.8. The number of nitrogens with one attached hydrogen (secondary N) is 1. The number of rotatable bonds is 4. The van der Waals surface area contributed by atoms with Crippen molar-refractivity contribution in [2.45, 2.75) is 19.9 Å². The van der Waals surface area contributed by atoms with Gasteiger partial charge in [0, 0.05) is 10.5 Å². The first-order chi connectivity index (χ1) is 6.94. The van der Waals surface area contributed by atoms with Gasteiger partial charge in [-0.1, -0.05) is 28.1 Å². The van der Waals surface area contributed by atoms with Crippen LogP contribution in [0.25, 0.3) is 0 Å². The highest BCUT2D eigenvalue weighted by atomic mass is 79.9. The molecule has 5 heteroatoms. The largest absolute Gasteiger partial charge is 0.212 e. The van der Waals surface area contributed by atoms with Crippen LogP contribution < -0.4 is 4.72 Å². The van der Waals surface area contributed by atoms with Crippen molar-refractivity contribution < 1.29 is 8.42 Å². The van der Waals surface area contributed by atoms with E-state index in [9.17, 15) is 8.42 Å². The van der Waals surface area contributed by atoms with Crippen LogP contribution in [0.15, 0.2) is 28.7 Å². The second-order valence-electron chi connectivity index (χ2n) is 3.30. The standard InChI is InChI=1S/C10H14BrNO2S/c1-3-15(13,14)12-8(2)9-5-4-6-10(11)7-9/h4-8,12H,3H2,1-2H3/t8-/m1/s1. The van der Waals surface area contributed by atoms with E-state index in [4.69, 9.17) is 0 Å². The minimum atomic E-state index is -3.15. The summed E-state index contributed by atoms with van der Waals surface area (Å²) in [5.41, 5.74) is 0.946. The van der Waals surface area contributed by atoms with Gasteiger partial charge in [0.05, 0.1) is 5.75 Å². The van der Waals surface area contributed by atoms with E-state index in [2.05, 4.69) is 20.7 Å². The lowest BCUT2D eigenvalue weighted by molar-refractivity contribution is 0.568. The van der Waals surface area contributed by atoms with Crippen LogP contribution in [0.1, 0.15) is 25.5 Å². The van der Waals surface area contributed by atoms with Crippen LogP contribution in [0.2, 0.25) is 0 Å². The summed E-state index contributed by atoms with van der Waals surface area (Å²) in [7, 11) is -3.15. The average Bonchev–Trinajstić information content (AvgIpc) is 2.17. The molecule has 0 aliphatic rings. The second kappa shape index (κ2) is 5.09. The lowest BCUT2D eigenvalue weighted by Crippen LogP contribution is -2.28. The van der Waals surface area contributed by atoms with Gasteiger partial charge in [0.15, 0.2) is 0 Å². The predicted molar refractivity (Wildman–Crippen MR) is 65.2 cm³/mol. The number of benzene rings is 1. The van der Waals surface area contributed by atoms with E-state index < -0.39 is 10.0 Å². The molecule has 1 aromatic carbocycles. The summed E-state index contributed by atoms with van der Waals surface area (Å²) in [5.74, 6) is 0.103. The molecule has 0 radical (unpaired) electrons. The molecule has 0 aliphatic heterocycles. The van der Waals surface area contributed by atoms with Gasteiger partial charge in [-0.2, -0.15) is 0 Å². The molecule has 1 aromatic rings. The van der Waals surface area contributed by atoms with Gasteiger partial charge >= 0.3 is 0 Å². The van der Waals surface area contributed by atoms with Crippen molar-refractivity contribution in [1.82, 2.24) is 4.72 Å². The Morgan fingerprint density at radius 2 is 2.13 bits per heavy atom. The summed E-state index contributed by atoms with van der Waals surface area (Å²) >= 11 is 3.35. The Morgan fingerprint density at radius 1 is 1.47 bits per heavy atom. The Kier molecular flexibility index (Phi) is 4.31. The molecule has 0 unspecified atom stereocenters. The third-order valence-corrected chi connectivity index (χ3v) is 4.05. The van der Waals surface area contributed by atoms with Crippen LogP contribution in [0.5, 0.6) is 0 Å². The van der Waals surface area contributed by atoms with Crippen LogP contribution in [0.4, 0.5) is 0 Å². The Bertz CT molecular complexity index is 431. The maximum atomic E-state index is 11.3. The molecular weight excluding hydrogens is 278 g/mol. The SMILES string of the molecule is CCS(=O)(=O)N[C@H](C)c1cccc(Br)c1. The summed E-state index contributed by atoms with van der Waals surface area (Å²) in [6.07, 6.45) is 0. The molecule has 84 valence electrons. The highest BCUT2D eigenvalue weighted by Crippen LogP contribution is 2.18. The predicted octanol–water partition coefficient (Wildman–Crippen LogP) is 2.45. The molecule has 3 nitrogen and oxygen atoms in total. The molecule has 0 spiro atoms. The van der Waals surface area contributed by atoms with E-state index >= 15 is 0 Å². The first-order valence-corrected chi connectivity index (χ1v) is 7.14. The molecule has 1 rings (SSSR count). The molecule has 0 aromatic heterocycles. The van der Waals surface area contributed by atoms with E-state index in [1.807, 2.05) is 31.2 Å². The van der Waals surface area contributed by atoms with E-state index in [-0.39, 0.29) is 11.8 Å². The monoisotopic (exact) mass is 291 g/mol. The van der Waals surface area contributed by atoms with Crippen LogP contribution in [0.3, 0.4) is 0 Å². The lowest BCUT2D eigenvalue weighted by atomic mass is 10.1. The summed E-state index contributed by atoms with van der Waals surface area (Å²) in [5, 5.41) is 0. The molecule has 15 heavy (non-hydrogen) atoms. The van der Waals surface area contributed by atoms with E-state index in [1.165, 1.54) is 0 Å². The zero-order valence-corrected chi connectivity index (χ0v) is 11.1. The fourth-order valence-electron chi connectivity index (χ4n) is 1.20. The number of hydrogen-bond donors (Lipinski definition) is 1. The van der Waals surface area contributed by atoms with Crippen molar-refractivity contribution in [3.05, 3.63) is 34.3 Å². The second-order valence-corrected chi connectivity index (χ2v) is 6.26. The topological polar surface area (TPSA) is 46.2 Å². The summed E-state index contributed by atoms with van der Waals surface area (Å²) < 4.78 is 26.2. The van der Waals surface area contributed by atoms with E-state index in [0.717, 1.165) is 10.0 Å². The quantitative estimate of drug-likeness (QED) is 0.926. The van der Waals surface area contributed by atoms with Crippen molar-refractivity contribution in [3.63, 3.8) is 0 Å². The Hall–Kier alpha value is -0.390. The molecule has 0 fully saturated rings. The average molecular weight is 292 g/mol. The highest BCUT2D eigenvalue weighted by molar-refractivity contribution is 9.10. The molecule has 0 amide bonds. The fourth-order valence-corrected chi connectivity index (χ4v) is 2.46. The Balaban J connectivity index is 2.82. The van der Waals surface area contributed by atoms with Gasteiger partial charge in [0.25, 0.3) is 0 Å². The van der Waals surface area contributed by atoms with Crippen molar-refractivity contribution in [2.24, 2.45) is 0 Å².